The molecule has 4 nitrogen and oxygen atoms in total. The molecule has 0 unspecified atom stereocenters. The molecule has 0 saturated heterocycles. The van der Waals surface area contributed by atoms with E-state index >= 15 is 0 Å². The van der Waals surface area contributed by atoms with Crippen LogP contribution in [0.3, 0.4) is 0 Å². The monoisotopic (exact) mass is 219 g/mol. The summed E-state index contributed by atoms with van der Waals surface area (Å²) in [5, 5.41) is 7.09. The molecule has 15 heavy (non-hydrogen) atoms. The molecule has 0 fully saturated rings. The van der Waals surface area contributed by atoms with Crippen molar-refractivity contribution in [2.75, 3.05) is 6.61 Å². The van der Waals surface area contributed by atoms with Crippen LogP contribution in [0, 0.1) is 5.41 Å². The van der Waals surface area contributed by atoms with Gasteiger partial charge in [0.1, 0.15) is 5.84 Å². The fraction of sp³-hybridized carbons (Fsp3) is 0.250. The van der Waals surface area contributed by atoms with Gasteiger partial charge in [0.15, 0.2) is 6.61 Å². The van der Waals surface area contributed by atoms with E-state index < -0.39 is 12.8 Å². The van der Waals surface area contributed by atoms with Crippen molar-refractivity contribution in [3.8, 4) is 5.88 Å². The molecule has 1 rings (SSSR count). The van der Waals surface area contributed by atoms with Crippen LogP contribution in [0.15, 0.2) is 18.3 Å². The summed E-state index contributed by atoms with van der Waals surface area (Å²) >= 11 is 0. The number of nitrogens with zero attached hydrogens (tertiary/aromatic N) is 1. The van der Waals surface area contributed by atoms with E-state index in [0.717, 1.165) is 0 Å². The van der Waals surface area contributed by atoms with Gasteiger partial charge in [-0.2, -0.15) is 13.2 Å². The second kappa shape index (κ2) is 4.16. The molecule has 0 aliphatic rings. The second-order valence-electron chi connectivity index (χ2n) is 2.67. The van der Waals surface area contributed by atoms with Crippen molar-refractivity contribution >= 4 is 5.84 Å². The Morgan fingerprint density at radius 2 is 2.20 bits per heavy atom. The molecule has 0 aromatic carbocycles. The highest BCUT2D eigenvalue weighted by Gasteiger charge is 2.29. The average Bonchev–Trinajstić information content (AvgIpc) is 2.14. The van der Waals surface area contributed by atoms with Crippen LogP contribution in [0.1, 0.15) is 5.56 Å². The number of rotatable bonds is 3. The van der Waals surface area contributed by atoms with Gasteiger partial charge >= 0.3 is 6.18 Å². The van der Waals surface area contributed by atoms with Crippen LogP contribution in [0.2, 0.25) is 0 Å². The maximum atomic E-state index is 11.8. The third-order valence-electron chi connectivity index (χ3n) is 1.43. The number of nitrogens with two attached hydrogens (primary N) is 1. The van der Waals surface area contributed by atoms with Crippen molar-refractivity contribution in [1.29, 1.82) is 5.41 Å². The van der Waals surface area contributed by atoms with Gasteiger partial charge in [-0.1, -0.05) is 0 Å². The Kier molecular flexibility index (Phi) is 3.13. The number of nitrogen functional groups attached to an aromatic ring is 1. The average molecular weight is 219 g/mol. The van der Waals surface area contributed by atoms with E-state index in [1.165, 1.54) is 18.3 Å². The van der Waals surface area contributed by atoms with Crippen molar-refractivity contribution in [1.82, 2.24) is 4.98 Å². The zero-order valence-corrected chi connectivity index (χ0v) is 7.51. The molecule has 0 radical (unpaired) electrons. The normalized spacial score (nSPS) is 11.1. The van der Waals surface area contributed by atoms with E-state index in [1.807, 2.05) is 0 Å². The molecule has 3 N–H and O–H groups in total. The smallest absolute Gasteiger partial charge is 0.422 e. The van der Waals surface area contributed by atoms with E-state index in [4.69, 9.17) is 11.1 Å². The lowest BCUT2D eigenvalue weighted by Crippen LogP contribution is -2.22. The minimum atomic E-state index is -4.44. The quantitative estimate of drug-likeness (QED) is 0.594. The molecule has 0 saturated carbocycles. The first-order valence-electron chi connectivity index (χ1n) is 3.89. The Bertz CT molecular complexity index is 364. The van der Waals surface area contributed by atoms with Crippen LogP contribution in [-0.2, 0) is 0 Å². The number of ether oxygens (including phenoxy) is 1. The lowest BCUT2D eigenvalue weighted by molar-refractivity contribution is -0.154. The lowest BCUT2D eigenvalue weighted by atomic mass is 10.2. The summed E-state index contributed by atoms with van der Waals surface area (Å²) in [5.74, 6) is -0.678. The van der Waals surface area contributed by atoms with Gasteiger partial charge in [-0.15, -0.1) is 0 Å². The molecule has 0 bridgehead atoms. The first kappa shape index (κ1) is 11.3. The van der Waals surface area contributed by atoms with Gasteiger partial charge < -0.3 is 10.5 Å². The molecule has 1 aromatic rings. The van der Waals surface area contributed by atoms with Crippen LogP contribution < -0.4 is 10.5 Å². The third kappa shape index (κ3) is 3.45. The van der Waals surface area contributed by atoms with Crippen molar-refractivity contribution in [3.63, 3.8) is 0 Å². The first-order valence-corrected chi connectivity index (χ1v) is 3.89. The highest BCUT2D eigenvalue weighted by atomic mass is 19.4. The Morgan fingerprint density at radius 3 is 2.73 bits per heavy atom. The minimum absolute atomic E-state index is 0.0433. The van der Waals surface area contributed by atoms with Crippen LogP contribution in [0.25, 0.3) is 0 Å². The number of halogens is 3. The second-order valence-corrected chi connectivity index (χ2v) is 2.67. The molecule has 1 heterocycles. The van der Waals surface area contributed by atoms with E-state index in [0.29, 0.717) is 0 Å². The minimum Gasteiger partial charge on any atom is -0.467 e. The summed E-state index contributed by atoms with van der Waals surface area (Å²) in [6.45, 7) is -1.45. The van der Waals surface area contributed by atoms with Crippen molar-refractivity contribution < 1.29 is 17.9 Å². The van der Waals surface area contributed by atoms with E-state index in [1.54, 1.807) is 0 Å². The molecule has 0 spiro atoms. The summed E-state index contributed by atoms with van der Waals surface area (Å²) in [6, 6.07) is 2.82. The van der Waals surface area contributed by atoms with Gasteiger partial charge in [0, 0.05) is 6.20 Å². The van der Waals surface area contributed by atoms with Crippen molar-refractivity contribution in [2.24, 2.45) is 5.73 Å². The molecule has 82 valence electrons. The number of pyridine rings is 1. The topological polar surface area (TPSA) is 72.0 Å². The Balaban J connectivity index is 2.81. The lowest BCUT2D eigenvalue weighted by Gasteiger charge is -2.10. The van der Waals surface area contributed by atoms with Crippen LogP contribution >= 0.6 is 0 Å². The van der Waals surface area contributed by atoms with Gasteiger partial charge in [-0.3, -0.25) is 5.41 Å². The maximum Gasteiger partial charge on any atom is 0.422 e. The van der Waals surface area contributed by atoms with Gasteiger partial charge in [-0.05, 0) is 12.1 Å². The summed E-state index contributed by atoms with van der Waals surface area (Å²) in [4.78, 5) is 3.56. The number of hydrogen-bond donors (Lipinski definition) is 2. The molecular weight excluding hydrogens is 211 g/mol. The zero-order valence-electron chi connectivity index (χ0n) is 7.51. The van der Waals surface area contributed by atoms with E-state index in [9.17, 15) is 13.2 Å². The van der Waals surface area contributed by atoms with E-state index in [-0.39, 0.29) is 17.3 Å². The summed E-state index contributed by atoms with van der Waals surface area (Å²) in [5.41, 5.74) is 5.18. The van der Waals surface area contributed by atoms with E-state index in [2.05, 4.69) is 9.72 Å². The summed E-state index contributed by atoms with van der Waals surface area (Å²) < 4.78 is 39.9. The standard InChI is InChI=1S/C8H8F3N3O/c9-8(10,11)4-15-7-5(6(12)13)2-1-3-14-7/h1-3H,4H2,(H3,12,13). The fourth-order valence-corrected chi connectivity index (χ4v) is 0.861. The number of amidine groups is 1. The van der Waals surface area contributed by atoms with Crippen molar-refractivity contribution in [2.45, 2.75) is 6.18 Å². The van der Waals surface area contributed by atoms with Crippen LogP contribution in [0.5, 0.6) is 5.88 Å². The number of alkyl halides is 3. The Morgan fingerprint density at radius 1 is 1.53 bits per heavy atom. The number of nitrogens with one attached hydrogen (secondary N) is 1. The molecule has 0 atom stereocenters. The van der Waals surface area contributed by atoms with Crippen molar-refractivity contribution in [3.05, 3.63) is 23.9 Å². The number of aromatic nitrogens is 1. The Labute approximate surface area is 83.4 Å². The highest BCUT2D eigenvalue weighted by Crippen LogP contribution is 2.19. The highest BCUT2D eigenvalue weighted by molar-refractivity contribution is 5.96. The van der Waals surface area contributed by atoms with Crippen LogP contribution in [-0.4, -0.2) is 23.6 Å². The van der Waals surface area contributed by atoms with Crippen LogP contribution in [0.4, 0.5) is 13.2 Å². The molecule has 7 heteroatoms. The number of hydrogen-bond acceptors (Lipinski definition) is 3. The maximum absolute atomic E-state index is 11.8. The molecule has 0 amide bonds. The van der Waals surface area contributed by atoms with Gasteiger partial charge in [-0.25, -0.2) is 4.98 Å². The predicted molar refractivity (Wildman–Crippen MR) is 46.8 cm³/mol. The Hall–Kier alpha value is -1.79. The van der Waals surface area contributed by atoms with Gasteiger partial charge in [0.25, 0.3) is 0 Å². The van der Waals surface area contributed by atoms with Gasteiger partial charge in [0.05, 0.1) is 5.56 Å². The largest absolute Gasteiger partial charge is 0.467 e. The third-order valence-corrected chi connectivity index (χ3v) is 1.43. The first-order chi connectivity index (χ1) is 6.90. The zero-order chi connectivity index (χ0) is 11.5. The SMILES string of the molecule is N=C(N)c1cccnc1OCC(F)(F)F. The fourth-order valence-electron chi connectivity index (χ4n) is 0.861. The summed E-state index contributed by atoms with van der Waals surface area (Å²) in [7, 11) is 0. The van der Waals surface area contributed by atoms with Gasteiger partial charge in [0.2, 0.25) is 5.88 Å². The summed E-state index contributed by atoms with van der Waals surface area (Å²) in [6.07, 6.45) is -3.18. The molecule has 1 aromatic heterocycles. The molecule has 0 aliphatic carbocycles. The molecule has 0 aliphatic heterocycles. The predicted octanol–water partition coefficient (Wildman–Crippen LogP) is 1.31. The molecular formula is C8H8F3N3O.